The Morgan fingerprint density at radius 3 is 2.64 bits per heavy atom. The first-order valence-corrected chi connectivity index (χ1v) is 7.83. The van der Waals surface area contributed by atoms with Gasteiger partial charge in [-0.05, 0) is 19.4 Å². The molecule has 2 rings (SSSR count). The number of carboxylic acid groups (broad SMARTS) is 1. The summed E-state index contributed by atoms with van der Waals surface area (Å²) in [5, 5.41) is 15.6. The number of benzene rings is 1. The molecule has 0 fully saturated rings. The summed E-state index contributed by atoms with van der Waals surface area (Å²) in [4.78, 5) is 23.2. The van der Waals surface area contributed by atoms with E-state index in [0.717, 1.165) is 5.56 Å². The first kappa shape index (κ1) is 18.3. The van der Waals surface area contributed by atoms with Crippen molar-refractivity contribution in [1.29, 1.82) is 0 Å². The number of nitrogens with one attached hydrogen (secondary N) is 1. The van der Waals surface area contributed by atoms with Crippen molar-refractivity contribution in [1.82, 2.24) is 15.1 Å². The van der Waals surface area contributed by atoms with Gasteiger partial charge in [-0.1, -0.05) is 30.3 Å². The number of aromatic nitrogens is 2. The number of alkyl carbamates (subject to hydrolysis) is 1. The van der Waals surface area contributed by atoms with Crippen LogP contribution in [-0.2, 0) is 22.7 Å². The van der Waals surface area contributed by atoms with Gasteiger partial charge in [0.15, 0.2) is 5.75 Å². The molecule has 0 saturated carbocycles. The van der Waals surface area contributed by atoms with Gasteiger partial charge in [-0.15, -0.1) is 0 Å². The van der Waals surface area contributed by atoms with Gasteiger partial charge >= 0.3 is 12.1 Å². The molecule has 1 atom stereocenters. The van der Waals surface area contributed by atoms with E-state index in [0.29, 0.717) is 5.75 Å². The predicted octanol–water partition coefficient (Wildman–Crippen LogP) is 2.05. The van der Waals surface area contributed by atoms with Crippen LogP contribution in [0.5, 0.6) is 5.75 Å². The molecule has 0 aliphatic heterocycles. The van der Waals surface area contributed by atoms with E-state index in [9.17, 15) is 14.7 Å². The van der Waals surface area contributed by atoms with Crippen LogP contribution in [-0.4, -0.2) is 39.1 Å². The Labute approximate surface area is 145 Å². The number of rotatable bonds is 8. The highest BCUT2D eigenvalue weighted by Crippen LogP contribution is 2.11. The molecule has 0 bridgehead atoms. The van der Waals surface area contributed by atoms with Crippen LogP contribution >= 0.6 is 0 Å². The summed E-state index contributed by atoms with van der Waals surface area (Å²) in [5.41, 5.74) is 0.812. The third-order valence-corrected chi connectivity index (χ3v) is 3.15. The van der Waals surface area contributed by atoms with Crippen molar-refractivity contribution in [2.75, 3.05) is 0 Å². The minimum Gasteiger partial charge on any atom is -0.488 e. The van der Waals surface area contributed by atoms with E-state index in [2.05, 4.69) is 10.4 Å². The van der Waals surface area contributed by atoms with E-state index in [-0.39, 0.29) is 19.3 Å². The Morgan fingerprint density at radius 1 is 1.28 bits per heavy atom. The van der Waals surface area contributed by atoms with Crippen LogP contribution in [0.3, 0.4) is 0 Å². The molecule has 2 aromatic rings. The van der Waals surface area contributed by atoms with Crippen molar-refractivity contribution >= 4 is 12.1 Å². The lowest BCUT2D eigenvalue weighted by Gasteiger charge is -2.14. The van der Waals surface area contributed by atoms with Gasteiger partial charge < -0.3 is 19.9 Å². The molecule has 134 valence electrons. The number of amides is 1. The zero-order chi connectivity index (χ0) is 18.2. The molecule has 1 aromatic carbocycles. The number of hydrogen-bond donors (Lipinski definition) is 2. The third kappa shape index (κ3) is 6.17. The molecule has 8 heteroatoms. The highest BCUT2D eigenvalue weighted by molar-refractivity contribution is 5.79. The SMILES string of the molecule is CC(C)Oc1cnn(CC(NC(=O)OCc2ccccc2)C(=O)O)c1. The van der Waals surface area contributed by atoms with Crippen molar-refractivity contribution in [3.05, 3.63) is 48.3 Å². The van der Waals surface area contributed by atoms with E-state index >= 15 is 0 Å². The van der Waals surface area contributed by atoms with Gasteiger partial charge in [0.25, 0.3) is 0 Å². The summed E-state index contributed by atoms with van der Waals surface area (Å²) < 4.78 is 11.9. The van der Waals surface area contributed by atoms with Crippen molar-refractivity contribution in [2.24, 2.45) is 0 Å². The Hall–Kier alpha value is -3.03. The fraction of sp³-hybridized carbons (Fsp3) is 0.353. The molecule has 0 aliphatic carbocycles. The summed E-state index contributed by atoms with van der Waals surface area (Å²) in [6.45, 7) is 3.77. The molecule has 25 heavy (non-hydrogen) atoms. The number of aliphatic carboxylic acids is 1. The number of nitrogens with zero attached hydrogens (tertiary/aromatic N) is 2. The van der Waals surface area contributed by atoms with Gasteiger partial charge in [0.2, 0.25) is 0 Å². The van der Waals surface area contributed by atoms with Crippen molar-refractivity contribution in [3.8, 4) is 5.75 Å². The average molecular weight is 347 g/mol. The van der Waals surface area contributed by atoms with Crippen LogP contribution in [0.1, 0.15) is 19.4 Å². The van der Waals surface area contributed by atoms with Crippen molar-refractivity contribution in [3.63, 3.8) is 0 Å². The lowest BCUT2D eigenvalue weighted by molar-refractivity contribution is -0.139. The van der Waals surface area contributed by atoms with Gasteiger partial charge in [-0.3, -0.25) is 4.68 Å². The molecule has 0 saturated heterocycles. The lowest BCUT2D eigenvalue weighted by atomic mass is 10.2. The van der Waals surface area contributed by atoms with Crippen molar-refractivity contribution in [2.45, 2.75) is 39.1 Å². The second-order valence-electron chi connectivity index (χ2n) is 5.66. The van der Waals surface area contributed by atoms with Crippen LogP contribution in [0.25, 0.3) is 0 Å². The first-order valence-electron chi connectivity index (χ1n) is 7.83. The van der Waals surface area contributed by atoms with Crippen LogP contribution in [0.15, 0.2) is 42.7 Å². The van der Waals surface area contributed by atoms with Crippen LogP contribution in [0, 0.1) is 0 Å². The van der Waals surface area contributed by atoms with E-state index in [1.165, 1.54) is 10.9 Å². The first-order chi connectivity index (χ1) is 11.9. The predicted molar refractivity (Wildman–Crippen MR) is 89.2 cm³/mol. The molecule has 1 aromatic heterocycles. The number of carbonyl (C=O) groups excluding carboxylic acids is 1. The second kappa shape index (κ2) is 8.72. The zero-order valence-corrected chi connectivity index (χ0v) is 14.1. The van der Waals surface area contributed by atoms with E-state index in [4.69, 9.17) is 9.47 Å². The zero-order valence-electron chi connectivity index (χ0n) is 14.1. The second-order valence-corrected chi connectivity index (χ2v) is 5.66. The molecule has 1 amide bonds. The highest BCUT2D eigenvalue weighted by atomic mass is 16.5. The molecular formula is C17H21N3O5. The number of hydrogen-bond acceptors (Lipinski definition) is 5. The quantitative estimate of drug-likeness (QED) is 0.758. The van der Waals surface area contributed by atoms with E-state index in [1.807, 2.05) is 44.2 Å². The van der Waals surface area contributed by atoms with Gasteiger partial charge in [0, 0.05) is 0 Å². The van der Waals surface area contributed by atoms with Crippen LogP contribution < -0.4 is 10.1 Å². The molecule has 1 unspecified atom stereocenters. The molecule has 2 N–H and O–H groups in total. The third-order valence-electron chi connectivity index (χ3n) is 3.15. The maximum atomic E-state index is 11.8. The maximum absolute atomic E-state index is 11.8. The molecular weight excluding hydrogens is 326 g/mol. The fourth-order valence-corrected chi connectivity index (χ4v) is 2.06. The monoisotopic (exact) mass is 347 g/mol. The summed E-state index contributed by atoms with van der Waals surface area (Å²) >= 11 is 0. The van der Waals surface area contributed by atoms with Crippen LogP contribution in [0.4, 0.5) is 4.79 Å². The summed E-state index contributed by atoms with van der Waals surface area (Å²) in [6.07, 6.45) is 2.25. The van der Waals surface area contributed by atoms with Gasteiger partial charge in [0.1, 0.15) is 12.6 Å². The fourth-order valence-electron chi connectivity index (χ4n) is 2.06. The largest absolute Gasteiger partial charge is 0.488 e. The number of carbonyl (C=O) groups is 2. The number of ether oxygens (including phenoxy) is 2. The van der Waals surface area contributed by atoms with E-state index < -0.39 is 18.1 Å². The molecule has 8 nitrogen and oxygen atoms in total. The van der Waals surface area contributed by atoms with Crippen molar-refractivity contribution < 1.29 is 24.2 Å². The normalized spacial score (nSPS) is 11.8. The Bertz CT molecular complexity index is 699. The number of carboxylic acids is 1. The summed E-state index contributed by atoms with van der Waals surface area (Å²) in [6, 6.07) is 7.95. The Kier molecular flexibility index (Phi) is 6.39. The standard InChI is InChI=1S/C17H21N3O5/c1-12(2)25-14-8-18-20(9-14)10-15(16(21)22)19-17(23)24-11-13-6-4-3-5-7-13/h3-9,12,15H,10-11H2,1-2H3,(H,19,23)(H,21,22). The minimum absolute atomic E-state index is 0.0148. The van der Waals surface area contributed by atoms with Gasteiger partial charge in [-0.25, -0.2) is 9.59 Å². The summed E-state index contributed by atoms with van der Waals surface area (Å²) in [7, 11) is 0. The summed E-state index contributed by atoms with van der Waals surface area (Å²) in [5.74, 6) is -0.649. The molecule has 1 heterocycles. The average Bonchev–Trinajstić information content (AvgIpc) is 2.99. The van der Waals surface area contributed by atoms with Gasteiger partial charge in [-0.2, -0.15) is 5.10 Å². The Morgan fingerprint density at radius 2 is 2.00 bits per heavy atom. The maximum Gasteiger partial charge on any atom is 0.408 e. The molecule has 0 radical (unpaired) electrons. The minimum atomic E-state index is -1.18. The molecule has 0 spiro atoms. The highest BCUT2D eigenvalue weighted by Gasteiger charge is 2.22. The Balaban J connectivity index is 1.88. The van der Waals surface area contributed by atoms with Gasteiger partial charge in [0.05, 0.1) is 25.0 Å². The smallest absolute Gasteiger partial charge is 0.408 e. The lowest BCUT2D eigenvalue weighted by Crippen LogP contribution is -2.44. The van der Waals surface area contributed by atoms with Crippen LogP contribution in [0.2, 0.25) is 0 Å². The topological polar surface area (TPSA) is 103 Å². The molecule has 0 aliphatic rings. The van der Waals surface area contributed by atoms with E-state index in [1.54, 1.807) is 6.20 Å².